The van der Waals surface area contributed by atoms with E-state index in [2.05, 4.69) is 12.6 Å². The smallest absolute Gasteiger partial charge is 0.0615 e. The van der Waals surface area contributed by atoms with Crippen molar-refractivity contribution in [2.24, 2.45) is 0 Å². The highest BCUT2D eigenvalue weighted by Gasteiger charge is 1.94. The van der Waals surface area contributed by atoms with Crippen LogP contribution in [0, 0.1) is 6.92 Å². The average Bonchev–Trinajstić information content (AvgIpc) is 2.16. The van der Waals surface area contributed by atoms with E-state index in [0.29, 0.717) is 0 Å². The van der Waals surface area contributed by atoms with Crippen molar-refractivity contribution >= 4 is 12.2 Å². The summed E-state index contributed by atoms with van der Waals surface area (Å²) in [5.41, 5.74) is 3.41. The minimum atomic E-state index is 0.0739. The molecule has 0 saturated heterocycles. The molecule has 1 aromatic rings. The van der Waals surface area contributed by atoms with E-state index in [9.17, 15) is 0 Å². The molecular formula is C12H14O. The second kappa shape index (κ2) is 4.63. The Bertz CT molecular complexity index is 324. The van der Waals surface area contributed by atoms with Crippen molar-refractivity contribution in [3.63, 3.8) is 0 Å². The molecule has 0 unspecified atom stereocenters. The van der Waals surface area contributed by atoms with Gasteiger partial charge in [0.2, 0.25) is 0 Å². The molecule has 1 aromatic carbocycles. The Labute approximate surface area is 79.0 Å². The van der Waals surface area contributed by atoms with Crippen molar-refractivity contribution in [2.45, 2.75) is 6.92 Å². The normalized spacial score (nSPS) is 10.6. The van der Waals surface area contributed by atoms with Crippen molar-refractivity contribution in [3.05, 3.63) is 47.5 Å². The van der Waals surface area contributed by atoms with Crippen LogP contribution in [0.2, 0.25) is 0 Å². The van der Waals surface area contributed by atoms with Crippen molar-refractivity contribution in [1.82, 2.24) is 0 Å². The van der Waals surface area contributed by atoms with E-state index in [0.717, 1.165) is 11.1 Å². The van der Waals surface area contributed by atoms with E-state index in [-0.39, 0.29) is 6.61 Å². The molecule has 13 heavy (non-hydrogen) atoms. The van der Waals surface area contributed by atoms with Crippen molar-refractivity contribution < 1.29 is 5.11 Å². The maximum Gasteiger partial charge on any atom is 0.0615 e. The van der Waals surface area contributed by atoms with Gasteiger partial charge >= 0.3 is 0 Å². The van der Waals surface area contributed by atoms with Crippen LogP contribution in [-0.2, 0) is 0 Å². The lowest BCUT2D eigenvalue weighted by Crippen LogP contribution is -1.82. The number of hydrogen-bond donors (Lipinski definition) is 1. The fraction of sp³-hybridized carbons (Fsp3) is 0.167. The first kappa shape index (κ1) is 9.75. The molecule has 0 saturated carbocycles. The van der Waals surface area contributed by atoms with Crippen LogP contribution in [0.5, 0.6) is 0 Å². The number of hydrogen-bond acceptors (Lipinski definition) is 1. The lowest BCUT2D eigenvalue weighted by Gasteiger charge is -2.01. The third-order valence-electron chi connectivity index (χ3n) is 1.87. The molecule has 1 nitrogen and oxygen atoms in total. The van der Waals surface area contributed by atoms with Crippen LogP contribution >= 0.6 is 0 Å². The predicted molar refractivity (Wildman–Crippen MR) is 57.4 cm³/mol. The fourth-order valence-electron chi connectivity index (χ4n) is 1.20. The number of aryl methyl sites for hydroxylation is 1. The summed E-state index contributed by atoms with van der Waals surface area (Å²) in [6, 6.07) is 6.15. The summed E-state index contributed by atoms with van der Waals surface area (Å²) < 4.78 is 0. The van der Waals surface area contributed by atoms with E-state index in [1.165, 1.54) is 5.56 Å². The van der Waals surface area contributed by atoms with Gasteiger partial charge < -0.3 is 5.11 Å². The third kappa shape index (κ3) is 2.56. The first-order valence-corrected chi connectivity index (χ1v) is 4.28. The zero-order chi connectivity index (χ0) is 9.68. The van der Waals surface area contributed by atoms with Gasteiger partial charge in [0.1, 0.15) is 0 Å². The van der Waals surface area contributed by atoms with Crippen LogP contribution < -0.4 is 0 Å². The molecule has 1 rings (SSSR count). The topological polar surface area (TPSA) is 20.2 Å². The molecule has 0 fully saturated rings. The molecule has 1 N–H and O–H groups in total. The molecule has 0 aliphatic rings. The van der Waals surface area contributed by atoms with E-state index in [1.54, 1.807) is 6.08 Å². The molecule has 0 amide bonds. The molecule has 1 heteroatoms. The van der Waals surface area contributed by atoms with Gasteiger partial charge in [-0.2, -0.15) is 0 Å². The second-order valence-corrected chi connectivity index (χ2v) is 2.92. The Kier molecular flexibility index (Phi) is 3.47. The molecular weight excluding hydrogens is 160 g/mol. The van der Waals surface area contributed by atoms with Gasteiger partial charge in [-0.1, -0.05) is 48.6 Å². The maximum atomic E-state index is 8.63. The maximum absolute atomic E-state index is 8.63. The van der Waals surface area contributed by atoms with E-state index in [4.69, 9.17) is 5.11 Å². The van der Waals surface area contributed by atoms with Crippen LogP contribution in [0.25, 0.3) is 12.2 Å². The number of aliphatic hydroxyl groups is 1. The molecule has 0 aliphatic heterocycles. The number of aliphatic hydroxyl groups excluding tert-OH is 1. The van der Waals surface area contributed by atoms with Gasteiger partial charge in [-0.25, -0.2) is 0 Å². The largest absolute Gasteiger partial charge is 0.392 e. The van der Waals surface area contributed by atoms with Crippen LogP contribution in [-0.4, -0.2) is 11.7 Å². The Morgan fingerprint density at radius 2 is 2.15 bits per heavy atom. The molecule has 68 valence electrons. The van der Waals surface area contributed by atoms with Gasteiger partial charge in [-0.15, -0.1) is 0 Å². The van der Waals surface area contributed by atoms with Gasteiger partial charge in [0.25, 0.3) is 0 Å². The highest BCUT2D eigenvalue weighted by atomic mass is 16.2. The summed E-state index contributed by atoms with van der Waals surface area (Å²) in [4.78, 5) is 0. The zero-order valence-electron chi connectivity index (χ0n) is 7.83. The van der Waals surface area contributed by atoms with E-state index >= 15 is 0 Å². The van der Waals surface area contributed by atoms with Gasteiger partial charge in [0, 0.05) is 0 Å². The standard InChI is InChI=1S/C12H14O/c1-3-11-9-10(2)6-7-12(11)5-4-8-13/h3-7,9,13H,1,8H2,2H3/b5-4+. The van der Waals surface area contributed by atoms with Crippen molar-refractivity contribution in [1.29, 1.82) is 0 Å². The first-order valence-electron chi connectivity index (χ1n) is 4.28. The zero-order valence-corrected chi connectivity index (χ0v) is 7.83. The Hall–Kier alpha value is -1.34. The first-order chi connectivity index (χ1) is 6.27. The van der Waals surface area contributed by atoms with Gasteiger partial charge in [-0.05, 0) is 18.1 Å². The van der Waals surface area contributed by atoms with Gasteiger partial charge in [0.05, 0.1) is 6.61 Å². The molecule has 0 radical (unpaired) electrons. The van der Waals surface area contributed by atoms with Crippen LogP contribution in [0.4, 0.5) is 0 Å². The fourth-order valence-corrected chi connectivity index (χ4v) is 1.20. The average molecular weight is 174 g/mol. The molecule has 0 aliphatic carbocycles. The molecule has 0 aromatic heterocycles. The second-order valence-electron chi connectivity index (χ2n) is 2.92. The SMILES string of the molecule is C=Cc1cc(C)ccc1/C=C/CO. The van der Waals surface area contributed by atoms with Gasteiger partial charge in [0.15, 0.2) is 0 Å². The minimum Gasteiger partial charge on any atom is -0.392 e. The highest BCUT2D eigenvalue weighted by molar-refractivity contribution is 5.65. The molecule has 0 bridgehead atoms. The number of benzene rings is 1. The number of rotatable bonds is 3. The Morgan fingerprint density at radius 3 is 2.77 bits per heavy atom. The van der Waals surface area contributed by atoms with E-state index < -0.39 is 0 Å². The lowest BCUT2D eigenvalue weighted by molar-refractivity contribution is 0.343. The van der Waals surface area contributed by atoms with E-state index in [1.807, 2.05) is 31.2 Å². The van der Waals surface area contributed by atoms with Crippen LogP contribution in [0.3, 0.4) is 0 Å². The van der Waals surface area contributed by atoms with Crippen molar-refractivity contribution in [2.75, 3.05) is 6.61 Å². The predicted octanol–water partition coefficient (Wildman–Crippen LogP) is 2.64. The molecule has 0 spiro atoms. The molecule has 0 heterocycles. The third-order valence-corrected chi connectivity index (χ3v) is 1.87. The quantitative estimate of drug-likeness (QED) is 0.746. The lowest BCUT2D eigenvalue weighted by atomic mass is 10.0. The summed E-state index contributed by atoms with van der Waals surface area (Å²) in [7, 11) is 0. The van der Waals surface area contributed by atoms with Crippen molar-refractivity contribution in [3.8, 4) is 0 Å². The van der Waals surface area contributed by atoms with Gasteiger partial charge in [-0.3, -0.25) is 0 Å². The van der Waals surface area contributed by atoms with Crippen LogP contribution in [0.15, 0.2) is 30.9 Å². The van der Waals surface area contributed by atoms with Crippen LogP contribution in [0.1, 0.15) is 16.7 Å². The summed E-state index contributed by atoms with van der Waals surface area (Å²) in [6.45, 7) is 5.87. The highest BCUT2D eigenvalue weighted by Crippen LogP contribution is 2.14. The molecule has 0 atom stereocenters. The Morgan fingerprint density at radius 1 is 1.38 bits per heavy atom. The summed E-state index contributed by atoms with van der Waals surface area (Å²) in [5.74, 6) is 0. The summed E-state index contributed by atoms with van der Waals surface area (Å²) >= 11 is 0. The summed E-state index contributed by atoms with van der Waals surface area (Å²) in [6.07, 6.45) is 5.44. The summed E-state index contributed by atoms with van der Waals surface area (Å²) in [5, 5.41) is 8.63. The monoisotopic (exact) mass is 174 g/mol. The Balaban J connectivity index is 3.06. The minimum absolute atomic E-state index is 0.0739.